The first-order valence-electron chi connectivity index (χ1n) is 9.05. The Morgan fingerprint density at radius 1 is 0.909 bits per heavy atom. The van der Waals surface area contributed by atoms with Crippen molar-refractivity contribution in [1.29, 1.82) is 0 Å². The third-order valence-corrected chi connectivity index (χ3v) is 5.61. The first kappa shape index (κ1) is 18.0. The molecule has 0 bridgehead atoms. The molecule has 2 heterocycles. The van der Waals surface area contributed by atoms with Gasteiger partial charge in [-0.25, -0.2) is 0 Å². The van der Waals surface area contributed by atoms with Crippen LogP contribution in [0.15, 0.2) is 0 Å². The van der Waals surface area contributed by atoms with Gasteiger partial charge >= 0.3 is 0 Å². The van der Waals surface area contributed by atoms with Gasteiger partial charge < -0.3 is 10.2 Å². The predicted molar refractivity (Wildman–Crippen MR) is 92.4 cm³/mol. The van der Waals surface area contributed by atoms with Crippen molar-refractivity contribution in [3.63, 3.8) is 0 Å². The highest BCUT2D eigenvalue weighted by atomic mass is 35.5. The highest BCUT2D eigenvalue weighted by molar-refractivity contribution is 5.85. The standard InChI is InChI=1S/C17H31N3O.ClH/c21-17(16-4-2-1-3-5-16)20-12-10-19(11-13-20)14-15-6-8-18-9-7-15;/h15-16,18H,1-14H2;1H. The molecule has 1 N–H and O–H groups in total. The maximum absolute atomic E-state index is 12.5. The first-order valence-corrected chi connectivity index (χ1v) is 9.05. The van der Waals surface area contributed by atoms with Crippen LogP contribution in [0.5, 0.6) is 0 Å². The summed E-state index contributed by atoms with van der Waals surface area (Å²) in [6.07, 6.45) is 8.75. The van der Waals surface area contributed by atoms with Crippen molar-refractivity contribution in [2.75, 3.05) is 45.8 Å². The predicted octanol–water partition coefficient (Wildman–Crippen LogP) is 2.13. The number of nitrogens with one attached hydrogen (secondary N) is 1. The molecule has 3 fully saturated rings. The van der Waals surface area contributed by atoms with E-state index in [1.807, 2.05) is 0 Å². The Labute approximate surface area is 141 Å². The number of carbonyl (C=O) groups is 1. The monoisotopic (exact) mass is 329 g/mol. The van der Waals surface area contributed by atoms with E-state index in [0.717, 1.165) is 44.9 Å². The number of halogens is 1. The second-order valence-electron chi connectivity index (χ2n) is 7.15. The van der Waals surface area contributed by atoms with E-state index in [9.17, 15) is 4.79 Å². The van der Waals surface area contributed by atoms with Crippen molar-refractivity contribution in [3.8, 4) is 0 Å². The van der Waals surface area contributed by atoms with E-state index in [2.05, 4.69) is 15.1 Å². The van der Waals surface area contributed by atoms with Gasteiger partial charge in [-0.15, -0.1) is 12.4 Å². The van der Waals surface area contributed by atoms with Gasteiger partial charge in [0.2, 0.25) is 5.91 Å². The van der Waals surface area contributed by atoms with Crippen LogP contribution < -0.4 is 5.32 Å². The summed E-state index contributed by atoms with van der Waals surface area (Å²) in [6.45, 7) is 7.70. The van der Waals surface area contributed by atoms with Gasteiger partial charge in [-0.3, -0.25) is 9.69 Å². The van der Waals surface area contributed by atoms with Crippen molar-refractivity contribution in [3.05, 3.63) is 0 Å². The zero-order valence-electron chi connectivity index (χ0n) is 13.8. The van der Waals surface area contributed by atoms with Gasteiger partial charge in [-0.05, 0) is 44.7 Å². The van der Waals surface area contributed by atoms with Crippen molar-refractivity contribution in [1.82, 2.24) is 15.1 Å². The Balaban J connectivity index is 0.00000176. The maximum Gasteiger partial charge on any atom is 0.225 e. The van der Waals surface area contributed by atoms with E-state index < -0.39 is 0 Å². The van der Waals surface area contributed by atoms with Crippen LogP contribution in [0.2, 0.25) is 0 Å². The number of amides is 1. The third-order valence-electron chi connectivity index (χ3n) is 5.61. The van der Waals surface area contributed by atoms with Gasteiger partial charge in [0, 0.05) is 38.6 Å². The lowest BCUT2D eigenvalue weighted by molar-refractivity contribution is -0.138. The molecule has 22 heavy (non-hydrogen) atoms. The summed E-state index contributed by atoms with van der Waals surface area (Å²) in [5, 5.41) is 3.44. The summed E-state index contributed by atoms with van der Waals surface area (Å²) >= 11 is 0. The molecule has 1 aliphatic carbocycles. The number of piperidine rings is 1. The van der Waals surface area contributed by atoms with Crippen LogP contribution in [0.3, 0.4) is 0 Å². The molecular formula is C17H32ClN3O. The van der Waals surface area contributed by atoms with Gasteiger partial charge in [0.25, 0.3) is 0 Å². The fraction of sp³-hybridized carbons (Fsp3) is 0.941. The zero-order valence-corrected chi connectivity index (χ0v) is 14.6. The Bertz CT molecular complexity index is 333. The normalized spacial score (nSPS) is 25.7. The van der Waals surface area contributed by atoms with Crippen LogP contribution in [-0.4, -0.2) is 61.5 Å². The summed E-state index contributed by atoms with van der Waals surface area (Å²) in [7, 11) is 0. The maximum atomic E-state index is 12.5. The molecule has 2 saturated heterocycles. The van der Waals surface area contributed by atoms with Crippen LogP contribution in [-0.2, 0) is 4.79 Å². The number of nitrogens with zero attached hydrogens (tertiary/aromatic N) is 2. The van der Waals surface area contributed by atoms with Gasteiger partial charge in [0.15, 0.2) is 0 Å². The number of carbonyl (C=O) groups excluding carboxylic acids is 1. The molecule has 0 aromatic rings. The van der Waals surface area contributed by atoms with Gasteiger partial charge in [-0.2, -0.15) is 0 Å². The molecule has 2 aliphatic heterocycles. The summed E-state index contributed by atoms with van der Waals surface area (Å²) < 4.78 is 0. The highest BCUT2D eigenvalue weighted by Crippen LogP contribution is 2.26. The van der Waals surface area contributed by atoms with Crippen LogP contribution in [0.1, 0.15) is 44.9 Å². The molecule has 5 heteroatoms. The van der Waals surface area contributed by atoms with E-state index in [4.69, 9.17) is 0 Å². The lowest BCUT2D eigenvalue weighted by Gasteiger charge is -2.39. The summed E-state index contributed by atoms with van der Waals surface area (Å²) in [6, 6.07) is 0. The molecule has 0 unspecified atom stereocenters. The van der Waals surface area contributed by atoms with Gasteiger partial charge in [0.05, 0.1) is 0 Å². The quantitative estimate of drug-likeness (QED) is 0.861. The summed E-state index contributed by atoms with van der Waals surface area (Å²) in [5.41, 5.74) is 0. The van der Waals surface area contributed by atoms with Crippen molar-refractivity contribution >= 4 is 18.3 Å². The van der Waals surface area contributed by atoms with E-state index in [1.54, 1.807) is 0 Å². The molecule has 1 saturated carbocycles. The van der Waals surface area contributed by atoms with Crippen molar-refractivity contribution in [2.24, 2.45) is 11.8 Å². The molecule has 3 rings (SSSR count). The molecule has 0 aromatic carbocycles. The highest BCUT2D eigenvalue weighted by Gasteiger charge is 2.29. The lowest BCUT2D eigenvalue weighted by atomic mass is 9.88. The molecule has 0 spiro atoms. The first-order chi connectivity index (χ1) is 10.3. The minimum Gasteiger partial charge on any atom is -0.340 e. The molecule has 1 amide bonds. The van der Waals surface area contributed by atoms with Gasteiger partial charge in [-0.1, -0.05) is 19.3 Å². The molecule has 0 atom stereocenters. The average molecular weight is 330 g/mol. The topological polar surface area (TPSA) is 35.6 Å². The molecule has 4 nitrogen and oxygen atoms in total. The smallest absolute Gasteiger partial charge is 0.225 e. The molecule has 0 radical (unpaired) electrons. The van der Waals surface area contributed by atoms with Crippen LogP contribution in [0.4, 0.5) is 0 Å². The second-order valence-corrected chi connectivity index (χ2v) is 7.15. The summed E-state index contributed by atoms with van der Waals surface area (Å²) in [4.78, 5) is 17.3. The van der Waals surface area contributed by atoms with Crippen LogP contribution >= 0.6 is 12.4 Å². The second kappa shape index (κ2) is 9.09. The largest absolute Gasteiger partial charge is 0.340 e. The Hall–Kier alpha value is -0.320. The van der Waals surface area contributed by atoms with E-state index in [1.165, 1.54) is 51.7 Å². The Kier molecular flexibility index (Phi) is 7.45. The minimum atomic E-state index is 0. The Morgan fingerprint density at radius 2 is 1.55 bits per heavy atom. The summed E-state index contributed by atoms with van der Waals surface area (Å²) in [5.74, 6) is 1.66. The molecule has 0 aromatic heterocycles. The fourth-order valence-corrected chi connectivity index (χ4v) is 4.19. The van der Waals surface area contributed by atoms with Crippen LogP contribution in [0, 0.1) is 11.8 Å². The third kappa shape index (κ3) is 4.84. The number of piperazine rings is 1. The zero-order chi connectivity index (χ0) is 14.5. The fourth-order valence-electron chi connectivity index (χ4n) is 4.19. The molecular weight excluding hydrogens is 298 g/mol. The molecule has 128 valence electrons. The van der Waals surface area contributed by atoms with E-state index >= 15 is 0 Å². The minimum absolute atomic E-state index is 0. The van der Waals surface area contributed by atoms with Crippen molar-refractivity contribution in [2.45, 2.75) is 44.9 Å². The SMILES string of the molecule is Cl.O=C(C1CCCCC1)N1CCN(CC2CCNCC2)CC1. The number of hydrogen-bond donors (Lipinski definition) is 1. The Morgan fingerprint density at radius 3 is 2.18 bits per heavy atom. The molecule has 3 aliphatic rings. The number of rotatable bonds is 3. The van der Waals surface area contributed by atoms with Gasteiger partial charge in [0.1, 0.15) is 0 Å². The average Bonchev–Trinajstić information content (AvgIpc) is 2.57. The van der Waals surface area contributed by atoms with E-state index in [0.29, 0.717) is 11.8 Å². The van der Waals surface area contributed by atoms with E-state index in [-0.39, 0.29) is 12.4 Å². The van der Waals surface area contributed by atoms with Crippen molar-refractivity contribution < 1.29 is 4.79 Å². The number of hydrogen-bond acceptors (Lipinski definition) is 3. The van der Waals surface area contributed by atoms with Crippen LogP contribution in [0.25, 0.3) is 0 Å². The lowest BCUT2D eigenvalue weighted by Crippen LogP contribution is -2.51.